The zero-order valence-corrected chi connectivity index (χ0v) is 21.1. The lowest BCUT2D eigenvalue weighted by Crippen LogP contribution is -2.40. The van der Waals surface area contributed by atoms with Crippen LogP contribution in [-0.2, 0) is 0 Å². The summed E-state index contributed by atoms with van der Waals surface area (Å²) in [5.74, 6) is 0.594. The highest BCUT2D eigenvalue weighted by Crippen LogP contribution is 2.67. The molecule has 3 fully saturated rings. The Morgan fingerprint density at radius 1 is 1.09 bits per heavy atom. The highest BCUT2D eigenvalue weighted by Gasteiger charge is 2.56. The molecule has 32 heavy (non-hydrogen) atoms. The van der Waals surface area contributed by atoms with E-state index in [1.54, 1.807) is 11.1 Å². The lowest BCUT2D eigenvalue weighted by molar-refractivity contribution is -0.00659. The molecule has 0 bridgehead atoms. The van der Waals surface area contributed by atoms with Crippen LogP contribution in [0.1, 0.15) is 105 Å². The van der Waals surface area contributed by atoms with Gasteiger partial charge >= 0.3 is 0 Å². The van der Waals surface area contributed by atoms with Crippen LogP contribution in [0.3, 0.4) is 0 Å². The predicted octanol–water partition coefficient (Wildman–Crippen LogP) is 6.24. The summed E-state index contributed by atoms with van der Waals surface area (Å²) in [5.41, 5.74) is 4.31. The van der Waals surface area contributed by atoms with Gasteiger partial charge in [-0.15, -0.1) is 0 Å². The largest absolute Gasteiger partial charge is 0.393 e. The maximum absolute atomic E-state index is 10.5. The number of rotatable bonds is 6. The van der Waals surface area contributed by atoms with Crippen molar-refractivity contribution in [3.63, 3.8) is 0 Å². The molecule has 0 saturated heterocycles. The third-order valence-electron chi connectivity index (χ3n) is 9.53. The van der Waals surface area contributed by atoms with Gasteiger partial charge in [-0.1, -0.05) is 55.7 Å². The minimum Gasteiger partial charge on any atom is -0.393 e. The number of hydrogen-bond donors (Lipinski definition) is 3. The van der Waals surface area contributed by atoms with Crippen LogP contribution in [0.25, 0.3) is 0 Å². The van der Waals surface area contributed by atoms with Crippen LogP contribution in [-0.4, -0.2) is 33.1 Å². The van der Waals surface area contributed by atoms with Crippen LogP contribution in [0.4, 0.5) is 0 Å². The third-order valence-corrected chi connectivity index (χ3v) is 9.53. The van der Waals surface area contributed by atoms with Crippen LogP contribution in [0.15, 0.2) is 34.9 Å². The fraction of sp³-hybridized carbons (Fsp3) is 0.793. The summed E-state index contributed by atoms with van der Waals surface area (Å²) >= 11 is 0. The molecule has 4 aliphatic rings. The van der Waals surface area contributed by atoms with E-state index in [1.165, 1.54) is 44.1 Å². The molecular formula is C29H46O3. The molecular weight excluding hydrogens is 396 g/mol. The van der Waals surface area contributed by atoms with Crippen molar-refractivity contribution in [1.82, 2.24) is 0 Å². The molecule has 4 aliphatic carbocycles. The number of hydrogen-bond acceptors (Lipinski definition) is 3. The van der Waals surface area contributed by atoms with Gasteiger partial charge in [-0.3, -0.25) is 0 Å². The van der Waals surface area contributed by atoms with Crippen molar-refractivity contribution in [2.24, 2.45) is 22.2 Å². The zero-order valence-electron chi connectivity index (χ0n) is 21.1. The Morgan fingerprint density at radius 2 is 1.81 bits per heavy atom. The van der Waals surface area contributed by atoms with Crippen molar-refractivity contribution >= 4 is 0 Å². The fourth-order valence-electron chi connectivity index (χ4n) is 7.16. The van der Waals surface area contributed by atoms with Crippen molar-refractivity contribution in [2.75, 3.05) is 0 Å². The molecule has 3 nitrogen and oxygen atoms in total. The first kappa shape index (κ1) is 24.2. The van der Waals surface area contributed by atoms with Gasteiger partial charge in [0.15, 0.2) is 0 Å². The van der Waals surface area contributed by atoms with Gasteiger partial charge in [0.2, 0.25) is 0 Å². The van der Waals surface area contributed by atoms with Gasteiger partial charge in [-0.2, -0.15) is 0 Å². The molecule has 180 valence electrons. The quantitative estimate of drug-likeness (QED) is 0.427. The standard InChI is InChI=1S/C29H46O3/c1-26(2,32)13-7-15-29(16-17-29)24-12-11-23-20(8-6-14-28(23,24)5)9-10-21-18-22(30)19-25(31)27(21,3)4/h9-10,12,22-23,25,30-32H,6-8,11,13-19H2,1-5H3/b20-9+,21-10-/t22-,23?,25+,28+/m1/s1. The van der Waals surface area contributed by atoms with Gasteiger partial charge in [-0.05, 0) is 94.8 Å². The number of aliphatic hydroxyl groups excluding tert-OH is 2. The second-order valence-corrected chi connectivity index (χ2v) is 12.9. The van der Waals surface area contributed by atoms with Gasteiger partial charge in [0.25, 0.3) is 0 Å². The highest BCUT2D eigenvalue weighted by molar-refractivity contribution is 5.39. The van der Waals surface area contributed by atoms with Crippen molar-refractivity contribution in [3.8, 4) is 0 Å². The number of aliphatic hydroxyl groups is 3. The maximum Gasteiger partial charge on any atom is 0.0653 e. The molecule has 3 heteroatoms. The molecule has 3 N–H and O–H groups in total. The van der Waals surface area contributed by atoms with Crippen molar-refractivity contribution in [1.29, 1.82) is 0 Å². The van der Waals surface area contributed by atoms with Crippen LogP contribution in [0.5, 0.6) is 0 Å². The van der Waals surface area contributed by atoms with E-state index in [0.29, 0.717) is 24.2 Å². The van der Waals surface area contributed by atoms with Crippen LogP contribution in [0, 0.1) is 22.2 Å². The first-order valence-corrected chi connectivity index (χ1v) is 13.1. The van der Waals surface area contributed by atoms with E-state index in [9.17, 15) is 15.3 Å². The second-order valence-electron chi connectivity index (χ2n) is 12.9. The first-order valence-electron chi connectivity index (χ1n) is 13.1. The van der Waals surface area contributed by atoms with Gasteiger partial charge in [-0.25, -0.2) is 0 Å². The summed E-state index contributed by atoms with van der Waals surface area (Å²) in [5, 5.41) is 30.9. The molecule has 1 unspecified atom stereocenters. The molecule has 0 aliphatic heterocycles. The summed E-state index contributed by atoms with van der Waals surface area (Å²) in [6, 6.07) is 0. The Morgan fingerprint density at radius 3 is 2.47 bits per heavy atom. The lowest BCUT2D eigenvalue weighted by Gasteiger charge is -2.44. The van der Waals surface area contributed by atoms with Crippen molar-refractivity contribution < 1.29 is 15.3 Å². The Labute approximate surface area is 195 Å². The molecule has 4 rings (SSSR count). The number of allylic oxidation sites excluding steroid dienone is 5. The zero-order chi connectivity index (χ0) is 23.4. The van der Waals surface area contributed by atoms with E-state index < -0.39 is 17.8 Å². The molecule has 0 aromatic carbocycles. The van der Waals surface area contributed by atoms with Gasteiger partial charge in [0.1, 0.15) is 0 Å². The van der Waals surface area contributed by atoms with E-state index in [4.69, 9.17) is 0 Å². The monoisotopic (exact) mass is 442 g/mol. The van der Waals surface area contributed by atoms with E-state index in [0.717, 1.165) is 19.3 Å². The summed E-state index contributed by atoms with van der Waals surface area (Å²) in [7, 11) is 0. The van der Waals surface area contributed by atoms with Crippen LogP contribution < -0.4 is 0 Å². The Balaban J connectivity index is 1.51. The minimum atomic E-state index is -0.561. The smallest absolute Gasteiger partial charge is 0.0653 e. The molecule has 0 aromatic rings. The molecule has 0 aromatic heterocycles. The molecule has 0 spiro atoms. The van der Waals surface area contributed by atoms with Crippen molar-refractivity contribution in [3.05, 3.63) is 34.9 Å². The Hall–Kier alpha value is -0.900. The highest BCUT2D eigenvalue weighted by atomic mass is 16.3. The lowest BCUT2D eigenvalue weighted by atomic mass is 9.61. The van der Waals surface area contributed by atoms with Gasteiger partial charge < -0.3 is 15.3 Å². The van der Waals surface area contributed by atoms with E-state index in [-0.39, 0.29) is 10.8 Å². The summed E-state index contributed by atoms with van der Waals surface area (Å²) < 4.78 is 0. The third kappa shape index (κ3) is 4.55. The SMILES string of the molecule is CC(C)(O)CCCC1(C2=CCC3/C(=C/C=C4/C[C@@H](O)C[C@H](O)C4(C)C)CCC[C@]23C)CC1. The van der Waals surface area contributed by atoms with Crippen molar-refractivity contribution in [2.45, 2.75) is 123 Å². The average molecular weight is 443 g/mol. The van der Waals surface area contributed by atoms with Gasteiger partial charge in [0, 0.05) is 11.8 Å². The first-order chi connectivity index (χ1) is 14.9. The maximum atomic E-state index is 10.5. The molecule has 3 saturated carbocycles. The summed E-state index contributed by atoms with van der Waals surface area (Å²) in [6.45, 7) is 10.6. The Bertz CT molecular complexity index is 805. The van der Waals surface area contributed by atoms with Crippen LogP contribution in [0.2, 0.25) is 0 Å². The van der Waals surface area contributed by atoms with E-state index >= 15 is 0 Å². The van der Waals surface area contributed by atoms with Gasteiger partial charge in [0.05, 0.1) is 17.8 Å². The summed E-state index contributed by atoms with van der Waals surface area (Å²) in [6.07, 6.45) is 18.1. The fourth-order valence-corrected chi connectivity index (χ4v) is 7.16. The molecule has 4 atom stereocenters. The summed E-state index contributed by atoms with van der Waals surface area (Å²) in [4.78, 5) is 0. The Kier molecular flexibility index (Phi) is 6.36. The topological polar surface area (TPSA) is 60.7 Å². The predicted molar refractivity (Wildman–Crippen MR) is 131 cm³/mol. The number of fused-ring (bicyclic) bond motifs is 1. The van der Waals surface area contributed by atoms with E-state index in [1.807, 2.05) is 13.8 Å². The normalized spacial score (nSPS) is 38.6. The van der Waals surface area contributed by atoms with Crippen LogP contribution >= 0.6 is 0 Å². The second kappa shape index (κ2) is 8.40. The average Bonchev–Trinajstić information content (AvgIpc) is 3.35. The minimum absolute atomic E-state index is 0.272. The molecule has 0 heterocycles. The molecule has 0 radical (unpaired) electrons. The van der Waals surface area contributed by atoms with E-state index in [2.05, 4.69) is 39.0 Å². The molecule has 0 amide bonds.